The van der Waals surface area contributed by atoms with Crippen molar-refractivity contribution < 1.29 is 23.5 Å². The minimum absolute atomic E-state index is 0.0624. The number of carbonyl (C=O) groups is 2. The van der Waals surface area contributed by atoms with E-state index in [-0.39, 0.29) is 16.6 Å². The minimum atomic E-state index is -1.81. The second kappa shape index (κ2) is 6.30. The van der Waals surface area contributed by atoms with Gasteiger partial charge in [-0.3, -0.25) is 14.5 Å². The predicted molar refractivity (Wildman–Crippen MR) is 102 cm³/mol. The lowest BCUT2D eigenvalue weighted by Gasteiger charge is -2.42. The number of likely N-dealkylation sites (tertiary alicyclic amines) is 1. The van der Waals surface area contributed by atoms with E-state index in [4.69, 9.17) is 55.9 Å². The summed E-state index contributed by atoms with van der Waals surface area (Å²) in [5.74, 6) is -5.64. The minimum Gasteiger partial charge on any atom is -0.350 e. The van der Waals surface area contributed by atoms with Gasteiger partial charge in [0.1, 0.15) is 15.6 Å². The van der Waals surface area contributed by atoms with Crippen LogP contribution < -0.4 is 0 Å². The van der Waals surface area contributed by atoms with Crippen molar-refractivity contribution in [3.05, 3.63) is 45.7 Å². The second-order valence-corrected chi connectivity index (χ2v) is 8.87. The van der Waals surface area contributed by atoms with Crippen LogP contribution in [0.5, 0.6) is 0 Å². The largest absolute Gasteiger partial charge is 0.350 e. The van der Waals surface area contributed by atoms with Gasteiger partial charge in [-0.2, -0.15) is 0 Å². The highest BCUT2D eigenvalue weighted by Crippen LogP contribution is 2.75. The van der Waals surface area contributed by atoms with E-state index >= 15 is 0 Å². The molecule has 10 heteroatoms. The Morgan fingerprint density at radius 3 is 1.79 bits per heavy atom. The molecule has 1 aromatic rings. The zero-order chi connectivity index (χ0) is 20.6. The van der Waals surface area contributed by atoms with Crippen molar-refractivity contribution in [2.24, 2.45) is 11.8 Å². The van der Waals surface area contributed by atoms with Crippen LogP contribution in [0, 0.1) is 17.7 Å². The number of amides is 2. The molecule has 4 atom stereocenters. The summed E-state index contributed by atoms with van der Waals surface area (Å²) in [7, 11) is 2.59. The number of carbonyl (C=O) groups excluding carboxylic acids is 2. The molecule has 4 rings (SSSR count). The normalized spacial score (nSPS) is 35.9. The number of alkyl halides is 2. The van der Waals surface area contributed by atoms with E-state index in [1.54, 1.807) is 0 Å². The lowest BCUT2D eigenvalue weighted by molar-refractivity contribution is -0.222. The van der Waals surface area contributed by atoms with Crippen LogP contribution >= 0.6 is 46.4 Å². The number of hydrogen-bond donors (Lipinski definition) is 0. The number of fused-ring (bicyclic) bond motifs is 5. The Morgan fingerprint density at radius 2 is 1.39 bits per heavy atom. The maximum absolute atomic E-state index is 13.2. The van der Waals surface area contributed by atoms with Crippen LogP contribution in [0.15, 0.2) is 34.3 Å². The second-order valence-electron chi connectivity index (χ2n) is 6.92. The van der Waals surface area contributed by atoms with Crippen molar-refractivity contribution in [2.45, 2.75) is 22.1 Å². The number of imide groups is 1. The molecule has 1 saturated heterocycles. The van der Waals surface area contributed by atoms with Gasteiger partial charge in [-0.25, -0.2) is 4.39 Å². The first-order valence-corrected chi connectivity index (χ1v) is 9.77. The Hall–Kier alpha value is -0.890. The van der Waals surface area contributed by atoms with E-state index in [0.717, 1.165) is 4.90 Å². The molecule has 2 aliphatic carbocycles. The fourth-order valence-corrected chi connectivity index (χ4v) is 6.85. The summed E-state index contributed by atoms with van der Waals surface area (Å²) in [5, 5.41) is -0.166. The van der Waals surface area contributed by atoms with Crippen molar-refractivity contribution in [1.82, 2.24) is 4.90 Å². The molecule has 28 heavy (non-hydrogen) atoms. The molecule has 0 N–H and O–H groups in total. The Labute approximate surface area is 180 Å². The van der Waals surface area contributed by atoms with E-state index in [0.29, 0.717) is 5.56 Å². The molecule has 0 unspecified atom stereocenters. The zero-order valence-corrected chi connectivity index (χ0v) is 17.7. The lowest BCUT2D eigenvalue weighted by atomic mass is 9.84. The number of hydrogen-bond acceptors (Lipinski definition) is 4. The van der Waals surface area contributed by atoms with Gasteiger partial charge in [0.05, 0.1) is 28.4 Å². The highest BCUT2D eigenvalue weighted by atomic mass is 35.5. The summed E-state index contributed by atoms with van der Waals surface area (Å²) in [4.78, 5) is 24.0. The smallest absolute Gasteiger partial charge is 0.235 e. The molecule has 5 nitrogen and oxygen atoms in total. The molecular weight excluding hydrogens is 455 g/mol. The summed E-state index contributed by atoms with van der Waals surface area (Å²) >= 11 is 26.5. The van der Waals surface area contributed by atoms with E-state index in [2.05, 4.69) is 0 Å². The quantitative estimate of drug-likeness (QED) is 0.385. The first-order chi connectivity index (χ1) is 13.1. The molecule has 1 heterocycles. The average Bonchev–Trinajstić information content (AvgIpc) is 3.08. The van der Waals surface area contributed by atoms with E-state index in [1.807, 2.05) is 0 Å². The first kappa shape index (κ1) is 20.4. The zero-order valence-electron chi connectivity index (χ0n) is 14.6. The van der Waals surface area contributed by atoms with Gasteiger partial charge in [0, 0.05) is 14.2 Å². The molecular formula is C18H14Cl4FNO4. The Balaban J connectivity index is 1.81. The summed E-state index contributed by atoms with van der Waals surface area (Å²) in [6, 6.07) is 5.46. The van der Waals surface area contributed by atoms with E-state index < -0.39 is 45.0 Å². The fourth-order valence-electron chi connectivity index (χ4n) is 4.69. The fraction of sp³-hybridized carbons (Fsp3) is 0.444. The van der Waals surface area contributed by atoms with Crippen molar-refractivity contribution in [2.75, 3.05) is 14.2 Å². The van der Waals surface area contributed by atoms with Crippen molar-refractivity contribution in [1.29, 1.82) is 0 Å². The van der Waals surface area contributed by atoms with Crippen LogP contribution in [0.4, 0.5) is 4.39 Å². The summed E-state index contributed by atoms with van der Waals surface area (Å²) in [6.45, 7) is -0.0624. The van der Waals surface area contributed by atoms with Gasteiger partial charge in [-0.05, 0) is 17.7 Å². The average molecular weight is 469 g/mol. The van der Waals surface area contributed by atoms with E-state index in [1.165, 1.54) is 38.5 Å². The molecule has 150 valence electrons. The Morgan fingerprint density at radius 1 is 0.964 bits per heavy atom. The molecule has 0 aromatic heterocycles. The molecule has 1 aliphatic heterocycles. The van der Waals surface area contributed by atoms with Crippen LogP contribution in [0.25, 0.3) is 0 Å². The number of methoxy groups -OCH3 is 2. The highest BCUT2D eigenvalue weighted by Gasteiger charge is 2.89. The monoisotopic (exact) mass is 467 g/mol. The van der Waals surface area contributed by atoms with Gasteiger partial charge in [0.15, 0.2) is 0 Å². The van der Waals surface area contributed by atoms with E-state index in [9.17, 15) is 14.0 Å². The number of ether oxygens (including phenoxy) is 2. The number of halogens is 5. The molecule has 3 aliphatic rings. The third kappa shape index (κ3) is 2.02. The third-order valence-electron chi connectivity index (χ3n) is 5.87. The van der Waals surface area contributed by atoms with Gasteiger partial charge >= 0.3 is 0 Å². The van der Waals surface area contributed by atoms with Gasteiger partial charge in [0.2, 0.25) is 17.6 Å². The number of benzene rings is 1. The Kier molecular flexibility index (Phi) is 4.59. The highest BCUT2D eigenvalue weighted by molar-refractivity contribution is 6.53. The third-order valence-corrected chi connectivity index (χ3v) is 8.48. The van der Waals surface area contributed by atoms with Crippen LogP contribution in [0.1, 0.15) is 5.56 Å². The maximum Gasteiger partial charge on any atom is 0.235 e. The predicted octanol–water partition coefficient (Wildman–Crippen LogP) is 3.59. The molecule has 1 saturated carbocycles. The molecule has 2 fully saturated rings. The lowest BCUT2D eigenvalue weighted by Crippen LogP contribution is -2.60. The standard InChI is InChI=1S/C18H14Cl4FNO4/c1-27-18(28-2)16(21)10-11(17(18,22)13(20)12(16)19)15(26)24(14(10)25)7-8-3-5-9(23)6-4-8/h3-6,10-11H,7H2,1-2H3/t10-,11-,16-,17+/m1/s1. The molecule has 2 amide bonds. The van der Waals surface area contributed by atoms with Crippen molar-refractivity contribution >= 4 is 58.2 Å². The van der Waals surface area contributed by atoms with Crippen LogP contribution in [-0.2, 0) is 25.6 Å². The first-order valence-electron chi connectivity index (χ1n) is 8.25. The van der Waals surface area contributed by atoms with Gasteiger partial charge in [-0.1, -0.05) is 35.3 Å². The Bertz CT molecular complexity index is 873. The van der Waals surface area contributed by atoms with Crippen LogP contribution in [0.3, 0.4) is 0 Å². The van der Waals surface area contributed by atoms with Crippen LogP contribution in [-0.4, -0.2) is 46.5 Å². The van der Waals surface area contributed by atoms with Crippen LogP contribution in [0.2, 0.25) is 0 Å². The van der Waals surface area contributed by atoms with Crippen molar-refractivity contribution in [3.8, 4) is 0 Å². The molecule has 1 aromatic carbocycles. The maximum atomic E-state index is 13.2. The number of rotatable bonds is 4. The van der Waals surface area contributed by atoms with Gasteiger partial charge in [-0.15, -0.1) is 23.2 Å². The summed E-state index contributed by atoms with van der Waals surface area (Å²) in [5.41, 5.74) is 0.567. The summed E-state index contributed by atoms with van der Waals surface area (Å²) in [6.07, 6.45) is 0. The van der Waals surface area contributed by atoms with Gasteiger partial charge in [0.25, 0.3) is 0 Å². The topological polar surface area (TPSA) is 55.8 Å². The number of nitrogens with zero attached hydrogens (tertiary/aromatic N) is 1. The SMILES string of the molecule is COC1(OC)[C@@]2(Cl)C(Cl)=C(Cl)[C@]1(Cl)[C@H]1C(=O)N(Cc3ccc(F)cc3)C(=O)[C@@H]12. The van der Waals surface area contributed by atoms with Crippen molar-refractivity contribution in [3.63, 3.8) is 0 Å². The van der Waals surface area contributed by atoms with Gasteiger partial charge < -0.3 is 9.47 Å². The summed E-state index contributed by atoms with van der Waals surface area (Å²) < 4.78 is 24.2. The molecule has 2 bridgehead atoms. The molecule has 0 radical (unpaired) electrons. The molecule has 0 spiro atoms.